The molecule has 26 heavy (non-hydrogen) atoms. The molecule has 2 aromatic carbocycles. The summed E-state index contributed by atoms with van der Waals surface area (Å²) in [5, 5.41) is 4.63. The monoisotopic (exact) mass is 341 g/mol. The first-order valence-corrected chi connectivity index (χ1v) is 9.02. The Hall–Kier alpha value is -3.08. The minimum absolute atomic E-state index is 0.190. The third kappa shape index (κ3) is 2.24. The lowest BCUT2D eigenvalue weighted by Gasteiger charge is -2.39. The number of hydrogen-bond acceptors (Lipinski definition) is 4. The first kappa shape index (κ1) is 15.2. The lowest BCUT2D eigenvalue weighted by atomic mass is 9.63. The second-order valence-corrected chi connectivity index (χ2v) is 6.85. The highest BCUT2D eigenvalue weighted by atomic mass is 16.3. The van der Waals surface area contributed by atoms with Crippen molar-refractivity contribution in [3.63, 3.8) is 0 Å². The number of hydrazine groups is 1. The summed E-state index contributed by atoms with van der Waals surface area (Å²) in [6.07, 6.45) is 6.58. The molecule has 0 fully saturated rings. The van der Waals surface area contributed by atoms with Crippen molar-refractivity contribution in [1.82, 2.24) is 9.93 Å². The van der Waals surface area contributed by atoms with Crippen LogP contribution in [0.25, 0.3) is 23.1 Å². The summed E-state index contributed by atoms with van der Waals surface area (Å²) in [6, 6.07) is 18.7. The molecule has 3 heterocycles. The topological polar surface area (TPSA) is 22.9 Å². The Balaban J connectivity index is 1.52. The van der Waals surface area contributed by atoms with Crippen molar-refractivity contribution < 1.29 is 4.42 Å². The van der Waals surface area contributed by atoms with Crippen LogP contribution >= 0.6 is 0 Å². The number of fused-ring (bicyclic) bond motifs is 3. The third-order valence-corrected chi connectivity index (χ3v) is 5.22. The highest BCUT2D eigenvalue weighted by Gasteiger charge is 2.31. The van der Waals surface area contributed by atoms with Crippen LogP contribution < -0.4 is 15.5 Å². The number of nitrogens with zero attached hydrogens (tertiary/aromatic N) is 3. The minimum atomic E-state index is 0.190. The maximum atomic E-state index is 6.08. The quantitative estimate of drug-likeness (QED) is 0.669. The molecule has 0 spiro atoms. The van der Waals surface area contributed by atoms with Crippen molar-refractivity contribution >= 4 is 35.7 Å². The largest absolute Gasteiger partial charge is 0.455 e. The summed E-state index contributed by atoms with van der Waals surface area (Å²) >= 11 is 0. The number of anilines is 1. The van der Waals surface area contributed by atoms with Crippen molar-refractivity contribution in [1.29, 1.82) is 0 Å². The Labute approximate surface area is 153 Å². The van der Waals surface area contributed by atoms with E-state index < -0.39 is 0 Å². The van der Waals surface area contributed by atoms with Crippen LogP contribution in [0, 0.1) is 0 Å². The molecule has 4 nitrogen and oxygen atoms in total. The Morgan fingerprint density at radius 3 is 2.58 bits per heavy atom. The van der Waals surface area contributed by atoms with Gasteiger partial charge >= 0.3 is 6.85 Å². The summed E-state index contributed by atoms with van der Waals surface area (Å²) in [5.74, 6) is 2.28. The van der Waals surface area contributed by atoms with E-state index in [2.05, 4.69) is 89.5 Å². The minimum Gasteiger partial charge on any atom is -0.455 e. The first-order chi connectivity index (χ1) is 12.7. The van der Waals surface area contributed by atoms with Crippen LogP contribution in [0.1, 0.15) is 6.92 Å². The van der Waals surface area contributed by atoms with E-state index in [9.17, 15) is 0 Å². The van der Waals surface area contributed by atoms with E-state index in [1.807, 2.05) is 18.2 Å². The van der Waals surface area contributed by atoms with Crippen molar-refractivity contribution in [2.75, 3.05) is 4.90 Å². The van der Waals surface area contributed by atoms with Gasteiger partial charge in [-0.15, -0.1) is 0 Å². The molecular formula is C21H20BN3O. The lowest BCUT2D eigenvalue weighted by molar-refractivity contribution is 0.151. The summed E-state index contributed by atoms with van der Waals surface area (Å²) in [4.78, 5) is 4.52. The molecule has 0 aliphatic carbocycles. The number of hydrogen-bond donors (Lipinski definition) is 0. The smallest absolute Gasteiger partial charge is 0.304 e. The molecule has 0 radical (unpaired) electrons. The molecular weight excluding hydrogens is 321 g/mol. The van der Waals surface area contributed by atoms with Crippen LogP contribution in [-0.4, -0.2) is 22.9 Å². The normalized spacial score (nSPS) is 18.9. The van der Waals surface area contributed by atoms with E-state index >= 15 is 0 Å². The lowest BCUT2D eigenvalue weighted by Crippen LogP contribution is -2.53. The number of para-hydroxylation sites is 2. The van der Waals surface area contributed by atoms with Crippen LogP contribution in [0.4, 0.5) is 5.69 Å². The van der Waals surface area contributed by atoms with Crippen LogP contribution in [0.2, 0.25) is 6.82 Å². The maximum Gasteiger partial charge on any atom is 0.304 e. The molecule has 128 valence electrons. The zero-order valence-corrected chi connectivity index (χ0v) is 14.9. The van der Waals surface area contributed by atoms with Gasteiger partial charge in [-0.3, -0.25) is 5.01 Å². The molecule has 0 bridgehead atoms. The highest BCUT2D eigenvalue weighted by Crippen LogP contribution is 2.26. The second-order valence-electron chi connectivity index (χ2n) is 6.85. The summed E-state index contributed by atoms with van der Waals surface area (Å²) < 4.78 is 6.08. The third-order valence-electron chi connectivity index (χ3n) is 5.22. The molecule has 0 amide bonds. The molecule has 1 aromatic heterocycles. The summed E-state index contributed by atoms with van der Waals surface area (Å²) in [6.45, 7) is 4.67. The van der Waals surface area contributed by atoms with Crippen molar-refractivity contribution in [2.24, 2.45) is 0 Å². The van der Waals surface area contributed by atoms with Crippen molar-refractivity contribution in [3.05, 3.63) is 77.6 Å². The zero-order valence-electron chi connectivity index (χ0n) is 14.9. The van der Waals surface area contributed by atoms with E-state index in [1.165, 1.54) is 16.3 Å². The molecule has 2 aliphatic rings. The van der Waals surface area contributed by atoms with Gasteiger partial charge in [0.1, 0.15) is 11.7 Å². The van der Waals surface area contributed by atoms with Gasteiger partial charge in [-0.05, 0) is 25.1 Å². The zero-order chi connectivity index (χ0) is 17.7. The Kier molecular flexibility index (Phi) is 3.35. The summed E-state index contributed by atoms with van der Waals surface area (Å²) in [7, 11) is 0. The van der Waals surface area contributed by atoms with Gasteiger partial charge in [-0.2, -0.15) is 0 Å². The van der Waals surface area contributed by atoms with E-state index in [0.717, 1.165) is 11.0 Å². The van der Waals surface area contributed by atoms with Crippen LogP contribution in [0.3, 0.4) is 0 Å². The maximum absolute atomic E-state index is 6.08. The standard InChI is InChI=1S/C21H20BN3O/c1-16-23(17-8-4-3-5-9-17)12-13-24(16)25-15-21-19(14-22(25)2)18-10-6-7-11-20(18)26-21/h3-16H,1-2H3/t16-/m0/s1. The molecule has 5 rings (SSSR count). The number of benzene rings is 2. The molecule has 0 saturated carbocycles. The Morgan fingerprint density at radius 2 is 1.73 bits per heavy atom. The average molecular weight is 341 g/mol. The predicted molar refractivity (Wildman–Crippen MR) is 107 cm³/mol. The first-order valence-electron chi connectivity index (χ1n) is 9.02. The molecule has 5 heteroatoms. The fourth-order valence-electron chi connectivity index (χ4n) is 3.87. The van der Waals surface area contributed by atoms with Gasteiger partial charge in [0.25, 0.3) is 0 Å². The predicted octanol–water partition coefficient (Wildman–Crippen LogP) is 2.98. The average Bonchev–Trinajstić information content (AvgIpc) is 3.22. The SMILES string of the molecule is CB1C=c2c(oc3ccccc23)=CN1N1C=CN(c2ccccc2)[C@@H]1C. The summed E-state index contributed by atoms with van der Waals surface area (Å²) in [5.41, 5.74) is 3.05. The van der Waals surface area contributed by atoms with E-state index in [-0.39, 0.29) is 13.0 Å². The van der Waals surface area contributed by atoms with Gasteiger partial charge in [-0.1, -0.05) is 49.2 Å². The molecule has 0 unspecified atom stereocenters. The van der Waals surface area contributed by atoms with E-state index in [1.54, 1.807) is 0 Å². The van der Waals surface area contributed by atoms with Gasteiger partial charge in [0.05, 0.1) is 6.20 Å². The number of furan rings is 1. The Morgan fingerprint density at radius 1 is 0.962 bits per heavy atom. The molecule has 0 saturated heterocycles. The Bertz CT molecular complexity index is 1110. The van der Waals surface area contributed by atoms with Crippen molar-refractivity contribution in [3.8, 4) is 0 Å². The van der Waals surface area contributed by atoms with Crippen LogP contribution in [0.5, 0.6) is 0 Å². The van der Waals surface area contributed by atoms with Crippen LogP contribution in [0.15, 0.2) is 71.4 Å². The second kappa shape index (κ2) is 5.73. The molecule has 2 aliphatic heterocycles. The highest BCUT2D eigenvalue weighted by molar-refractivity contribution is 6.70. The van der Waals surface area contributed by atoms with Gasteiger partial charge in [-0.25, -0.2) is 0 Å². The fraction of sp³-hybridized carbons (Fsp3) is 0.143. The van der Waals surface area contributed by atoms with Gasteiger partial charge in [0.15, 0.2) is 5.42 Å². The van der Waals surface area contributed by atoms with E-state index in [4.69, 9.17) is 4.42 Å². The molecule has 0 N–H and O–H groups in total. The van der Waals surface area contributed by atoms with Gasteiger partial charge < -0.3 is 14.2 Å². The van der Waals surface area contributed by atoms with Gasteiger partial charge in [0, 0.05) is 28.7 Å². The molecule has 1 atom stereocenters. The van der Waals surface area contributed by atoms with Crippen LogP contribution in [-0.2, 0) is 0 Å². The van der Waals surface area contributed by atoms with Gasteiger partial charge in [0.2, 0.25) is 0 Å². The van der Waals surface area contributed by atoms with Crippen molar-refractivity contribution in [2.45, 2.75) is 19.9 Å². The van der Waals surface area contributed by atoms with E-state index in [0.29, 0.717) is 0 Å². The number of rotatable bonds is 2. The fourth-order valence-corrected chi connectivity index (χ4v) is 3.87. The molecule has 3 aromatic rings.